The highest BCUT2D eigenvalue weighted by Crippen LogP contribution is 2.37. The van der Waals surface area contributed by atoms with Gasteiger partial charge in [0.05, 0.1) is 12.5 Å². The molecule has 1 aliphatic carbocycles. The van der Waals surface area contributed by atoms with E-state index in [2.05, 4.69) is 5.32 Å². The van der Waals surface area contributed by atoms with Gasteiger partial charge in [0, 0.05) is 6.54 Å². The maximum atomic E-state index is 12.4. The molecule has 0 radical (unpaired) electrons. The van der Waals surface area contributed by atoms with Gasteiger partial charge >= 0.3 is 5.97 Å². The van der Waals surface area contributed by atoms with Crippen LogP contribution in [-0.4, -0.2) is 31.6 Å². The molecule has 3 N–H and O–H groups in total. The highest BCUT2D eigenvalue weighted by Gasteiger charge is 2.41. The highest BCUT2D eigenvalue weighted by molar-refractivity contribution is 5.88. The fraction of sp³-hybridized carbons (Fsp3) is 0.857. The number of ether oxygens (including phenoxy) is 1. The summed E-state index contributed by atoms with van der Waals surface area (Å²) in [6, 6.07) is -0.568. The average Bonchev–Trinajstić information content (AvgIpc) is 2.86. The van der Waals surface area contributed by atoms with Crippen LogP contribution in [0.15, 0.2) is 0 Å². The Morgan fingerprint density at radius 2 is 1.89 bits per heavy atom. The van der Waals surface area contributed by atoms with Crippen molar-refractivity contribution < 1.29 is 14.3 Å². The number of nitrogens with one attached hydrogen (secondary N) is 1. The lowest BCUT2D eigenvalue weighted by Crippen LogP contribution is -2.51. The standard InChI is InChI=1S/C14H26N2O3/c1-10(2)8-11(12(17)19-3)16-13(18)14(9-15)6-4-5-7-14/h10-11H,4-9,15H2,1-3H3,(H,16,18). The lowest BCUT2D eigenvalue weighted by Gasteiger charge is -2.28. The zero-order valence-electron chi connectivity index (χ0n) is 12.2. The van der Waals surface area contributed by atoms with E-state index in [0.717, 1.165) is 25.7 Å². The summed E-state index contributed by atoms with van der Waals surface area (Å²) in [5.41, 5.74) is 5.30. The minimum Gasteiger partial charge on any atom is -0.467 e. The molecule has 1 atom stereocenters. The largest absolute Gasteiger partial charge is 0.467 e. The molecule has 0 spiro atoms. The summed E-state index contributed by atoms with van der Waals surface area (Å²) in [6.45, 7) is 4.36. The summed E-state index contributed by atoms with van der Waals surface area (Å²) in [7, 11) is 1.34. The van der Waals surface area contributed by atoms with Crippen LogP contribution in [0.3, 0.4) is 0 Å². The van der Waals surface area contributed by atoms with Crippen molar-refractivity contribution in [1.82, 2.24) is 5.32 Å². The Kier molecular flexibility index (Phi) is 5.79. The molecule has 0 saturated heterocycles. The van der Waals surface area contributed by atoms with Crippen LogP contribution >= 0.6 is 0 Å². The molecule has 0 aromatic heterocycles. The van der Waals surface area contributed by atoms with Crippen LogP contribution in [0.25, 0.3) is 0 Å². The van der Waals surface area contributed by atoms with Crippen molar-refractivity contribution in [2.45, 2.75) is 52.0 Å². The first-order valence-corrected chi connectivity index (χ1v) is 7.04. The Labute approximate surface area is 115 Å². The number of hydrogen-bond donors (Lipinski definition) is 2. The van der Waals surface area contributed by atoms with Crippen molar-refractivity contribution >= 4 is 11.9 Å². The van der Waals surface area contributed by atoms with E-state index in [9.17, 15) is 9.59 Å². The van der Waals surface area contributed by atoms with Crippen LogP contribution in [0.1, 0.15) is 46.0 Å². The van der Waals surface area contributed by atoms with Crippen LogP contribution < -0.4 is 11.1 Å². The van der Waals surface area contributed by atoms with Gasteiger partial charge in [0.25, 0.3) is 0 Å². The van der Waals surface area contributed by atoms with Crippen LogP contribution in [0, 0.1) is 11.3 Å². The topological polar surface area (TPSA) is 81.4 Å². The van der Waals surface area contributed by atoms with Gasteiger partial charge < -0.3 is 15.8 Å². The number of esters is 1. The number of rotatable bonds is 6. The van der Waals surface area contributed by atoms with E-state index in [0.29, 0.717) is 18.9 Å². The molecule has 0 bridgehead atoms. The normalized spacial score (nSPS) is 19.2. The number of amides is 1. The molecular weight excluding hydrogens is 244 g/mol. The van der Waals surface area contributed by atoms with Gasteiger partial charge in [0.1, 0.15) is 6.04 Å². The molecule has 1 amide bonds. The first-order valence-electron chi connectivity index (χ1n) is 7.04. The summed E-state index contributed by atoms with van der Waals surface area (Å²) in [4.78, 5) is 24.1. The number of carbonyl (C=O) groups is 2. The first kappa shape index (κ1) is 16.0. The fourth-order valence-corrected chi connectivity index (χ4v) is 2.71. The van der Waals surface area contributed by atoms with Gasteiger partial charge in [0.2, 0.25) is 5.91 Å². The summed E-state index contributed by atoms with van der Waals surface area (Å²) < 4.78 is 4.76. The Hall–Kier alpha value is -1.10. The summed E-state index contributed by atoms with van der Waals surface area (Å²) in [5, 5.41) is 2.84. The van der Waals surface area contributed by atoms with Gasteiger partial charge in [-0.2, -0.15) is 0 Å². The molecule has 0 heterocycles. The van der Waals surface area contributed by atoms with Crippen LogP contribution in [0.5, 0.6) is 0 Å². The fourth-order valence-electron chi connectivity index (χ4n) is 2.71. The van der Waals surface area contributed by atoms with E-state index in [1.807, 2.05) is 13.8 Å². The lowest BCUT2D eigenvalue weighted by atomic mass is 9.84. The molecular formula is C14H26N2O3. The summed E-state index contributed by atoms with van der Waals surface area (Å²) in [6.07, 6.45) is 4.25. The zero-order chi connectivity index (χ0) is 14.5. The Morgan fingerprint density at radius 1 is 1.32 bits per heavy atom. The van der Waals surface area contributed by atoms with Gasteiger partial charge in [-0.3, -0.25) is 4.79 Å². The van der Waals surface area contributed by atoms with Crippen LogP contribution in [-0.2, 0) is 14.3 Å². The third-order valence-corrected chi connectivity index (χ3v) is 3.93. The minimum atomic E-state index is -0.568. The van der Waals surface area contributed by atoms with Gasteiger partial charge in [-0.25, -0.2) is 4.79 Å². The van der Waals surface area contributed by atoms with Crippen molar-refractivity contribution in [1.29, 1.82) is 0 Å². The van der Waals surface area contributed by atoms with E-state index in [4.69, 9.17) is 10.5 Å². The Bertz CT molecular complexity index is 323. The van der Waals surface area contributed by atoms with Crippen molar-refractivity contribution in [3.05, 3.63) is 0 Å². The highest BCUT2D eigenvalue weighted by atomic mass is 16.5. The quantitative estimate of drug-likeness (QED) is 0.711. The molecule has 5 nitrogen and oxygen atoms in total. The minimum absolute atomic E-state index is 0.0939. The third-order valence-electron chi connectivity index (χ3n) is 3.93. The number of methoxy groups -OCH3 is 1. The van der Waals surface area contributed by atoms with E-state index in [-0.39, 0.29) is 11.9 Å². The Morgan fingerprint density at radius 3 is 2.32 bits per heavy atom. The second kappa shape index (κ2) is 6.89. The van der Waals surface area contributed by atoms with Crippen molar-refractivity contribution in [3.8, 4) is 0 Å². The third kappa shape index (κ3) is 3.93. The van der Waals surface area contributed by atoms with E-state index in [1.54, 1.807) is 0 Å². The summed E-state index contributed by atoms with van der Waals surface area (Å²) >= 11 is 0. The predicted octanol–water partition coefficient (Wildman–Crippen LogP) is 1.21. The maximum Gasteiger partial charge on any atom is 0.328 e. The average molecular weight is 270 g/mol. The molecule has 1 saturated carbocycles. The Balaban J connectivity index is 2.72. The van der Waals surface area contributed by atoms with E-state index >= 15 is 0 Å². The SMILES string of the molecule is COC(=O)C(CC(C)C)NC(=O)C1(CN)CCCC1. The van der Waals surface area contributed by atoms with Gasteiger partial charge in [-0.05, 0) is 25.2 Å². The zero-order valence-corrected chi connectivity index (χ0v) is 12.2. The molecule has 0 aliphatic heterocycles. The molecule has 1 aliphatic rings. The molecule has 1 unspecified atom stereocenters. The lowest BCUT2D eigenvalue weighted by molar-refractivity contribution is -0.147. The smallest absolute Gasteiger partial charge is 0.328 e. The first-order chi connectivity index (χ1) is 8.95. The monoisotopic (exact) mass is 270 g/mol. The predicted molar refractivity (Wildman–Crippen MR) is 73.4 cm³/mol. The second-order valence-corrected chi connectivity index (χ2v) is 5.87. The van der Waals surface area contributed by atoms with Crippen molar-refractivity contribution in [2.24, 2.45) is 17.1 Å². The molecule has 0 aromatic carbocycles. The van der Waals surface area contributed by atoms with E-state index in [1.165, 1.54) is 7.11 Å². The van der Waals surface area contributed by atoms with E-state index < -0.39 is 11.5 Å². The molecule has 19 heavy (non-hydrogen) atoms. The van der Waals surface area contributed by atoms with Gasteiger partial charge in [0.15, 0.2) is 0 Å². The molecule has 1 rings (SSSR count). The van der Waals surface area contributed by atoms with Gasteiger partial charge in [-0.15, -0.1) is 0 Å². The molecule has 1 fully saturated rings. The molecule has 0 aromatic rings. The number of nitrogens with two attached hydrogens (primary N) is 1. The second-order valence-electron chi connectivity index (χ2n) is 5.87. The number of hydrogen-bond acceptors (Lipinski definition) is 4. The maximum absolute atomic E-state index is 12.4. The molecule has 5 heteroatoms. The van der Waals surface area contributed by atoms with Gasteiger partial charge in [-0.1, -0.05) is 26.7 Å². The summed E-state index contributed by atoms with van der Waals surface area (Å²) in [5.74, 6) is -0.169. The number of carbonyl (C=O) groups excluding carboxylic acids is 2. The van der Waals surface area contributed by atoms with Crippen LogP contribution in [0.4, 0.5) is 0 Å². The van der Waals surface area contributed by atoms with Crippen molar-refractivity contribution in [3.63, 3.8) is 0 Å². The van der Waals surface area contributed by atoms with Crippen molar-refractivity contribution in [2.75, 3.05) is 13.7 Å². The molecule has 110 valence electrons. The van der Waals surface area contributed by atoms with Crippen LogP contribution in [0.2, 0.25) is 0 Å².